The van der Waals surface area contributed by atoms with Crippen LogP contribution in [-0.2, 0) is 9.47 Å². The van der Waals surface area contributed by atoms with Crippen molar-refractivity contribution in [3.05, 3.63) is 41.7 Å². The highest BCUT2D eigenvalue weighted by Gasteiger charge is 2.31. The van der Waals surface area contributed by atoms with E-state index in [9.17, 15) is 4.79 Å². The maximum atomic E-state index is 12.4. The molecule has 2 aliphatic heterocycles. The molecule has 4 heterocycles. The van der Waals surface area contributed by atoms with Gasteiger partial charge >= 0.3 is 6.09 Å². The molecule has 0 aliphatic carbocycles. The Kier molecular flexibility index (Phi) is 7.71. The predicted octanol–water partition coefficient (Wildman–Crippen LogP) is 5.23. The van der Waals surface area contributed by atoms with E-state index in [4.69, 9.17) is 30.5 Å². The fourth-order valence-electron chi connectivity index (χ4n) is 4.32. The molecule has 1 aromatic carbocycles. The van der Waals surface area contributed by atoms with Crippen LogP contribution in [0.2, 0.25) is 5.02 Å². The molecule has 2 saturated heterocycles. The van der Waals surface area contributed by atoms with Gasteiger partial charge in [-0.2, -0.15) is 0 Å². The first kappa shape index (κ1) is 26.2. The highest BCUT2D eigenvalue weighted by Crippen LogP contribution is 2.31. The number of carbonyl (C=O) groups is 1. The molecule has 1 N–H and O–H groups in total. The van der Waals surface area contributed by atoms with Gasteiger partial charge in [-0.25, -0.2) is 19.7 Å². The number of benzene rings is 1. The topological polar surface area (TPSA) is 108 Å². The maximum absolute atomic E-state index is 12.4. The quantitative estimate of drug-likeness (QED) is 0.430. The van der Waals surface area contributed by atoms with E-state index in [1.54, 1.807) is 17.0 Å². The highest BCUT2D eigenvalue weighted by molar-refractivity contribution is 6.32. The Morgan fingerprint density at radius 1 is 1.21 bits per heavy atom. The number of pyridine rings is 1. The molecule has 0 radical (unpaired) electrons. The predicted molar refractivity (Wildman–Crippen MR) is 143 cm³/mol. The first-order valence-electron chi connectivity index (χ1n) is 12.8. The number of nitrogens with one attached hydrogen (secondary N) is 1. The molecule has 10 nitrogen and oxygen atoms in total. The number of amides is 1. The number of fused-ring (bicyclic) bond motifs is 1. The normalized spacial score (nSPS) is 19.5. The number of hydrogen-bond donors (Lipinski definition) is 1. The molecule has 2 aromatic heterocycles. The van der Waals surface area contributed by atoms with Crippen LogP contribution >= 0.6 is 11.6 Å². The van der Waals surface area contributed by atoms with Gasteiger partial charge in [-0.3, -0.25) is 0 Å². The Bertz CT molecular complexity index is 1290. The molecule has 1 amide bonds. The lowest BCUT2D eigenvalue weighted by Gasteiger charge is -2.24. The third-order valence-corrected chi connectivity index (χ3v) is 6.53. The van der Waals surface area contributed by atoms with Crippen molar-refractivity contribution in [1.82, 2.24) is 19.9 Å². The molecule has 3 aromatic rings. The van der Waals surface area contributed by atoms with E-state index in [0.717, 1.165) is 25.3 Å². The summed E-state index contributed by atoms with van der Waals surface area (Å²) in [4.78, 5) is 27.4. The number of likely N-dealkylation sites (tertiary alicyclic amines) is 1. The summed E-state index contributed by atoms with van der Waals surface area (Å²) >= 11 is 6.49. The first-order valence-corrected chi connectivity index (χ1v) is 13.1. The summed E-state index contributed by atoms with van der Waals surface area (Å²) in [5.41, 5.74) is 1.43. The molecule has 2 fully saturated rings. The van der Waals surface area contributed by atoms with Gasteiger partial charge in [0.2, 0.25) is 5.88 Å². The standard InChI is InChI=1S/C27H32ClN5O5/c1-27(2,3)38-26(34)33-10-8-19(13-33)37-23-7-5-21-24(32-23)25(30-16-29-21)31-18-4-6-22(20(28)12-18)36-15-17-9-11-35-14-17/h4-7,12,16-17,19H,8-11,13-15H2,1-3H3,(H,29,30,31)/t17-,19+/m1/s1. The fraction of sp³-hybridized carbons (Fsp3) is 0.481. The molecular formula is C27H32ClN5O5. The summed E-state index contributed by atoms with van der Waals surface area (Å²) in [5.74, 6) is 1.98. The molecule has 2 aliphatic rings. The Morgan fingerprint density at radius 3 is 2.84 bits per heavy atom. The van der Waals surface area contributed by atoms with Crippen molar-refractivity contribution < 1.29 is 23.7 Å². The second-order valence-electron chi connectivity index (χ2n) is 10.5. The Labute approximate surface area is 226 Å². The summed E-state index contributed by atoms with van der Waals surface area (Å²) in [6.45, 7) is 8.64. The monoisotopic (exact) mass is 541 g/mol. The van der Waals surface area contributed by atoms with Gasteiger partial charge in [0.05, 0.1) is 30.3 Å². The molecule has 0 spiro atoms. The summed E-state index contributed by atoms with van der Waals surface area (Å²) in [6, 6.07) is 9.11. The highest BCUT2D eigenvalue weighted by atomic mass is 35.5. The van der Waals surface area contributed by atoms with Crippen molar-refractivity contribution in [2.24, 2.45) is 5.92 Å². The molecule has 0 saturated carbocycles. The van der Waals surface area contributed by atoms with Gasteiger partial charge in [0, 0.05) is 37.2 Å². The van der Waals surface area contributed by atoms with E-state index in [2.05, 4.69) is 20.3 Å². The average Bonchev–Trinajstić information content (AvgIpc) is 3.55. The van der Waals surface area contributed by atoms with Crippen molar-refractivity contribution in [2.75, 3.05) is 38.2 Å². The first-order chi connectivity index (χ1) is 18.2. The van der Waals surface area contributed by atoms with E-state index < -0.39 is 5.60 Å². The summed E-state index contributed by atoms with van der Waals surface area (Å²) in [6.07, 6.45) is 2.65. The van der Waals surface area contributed by atoms with E-state index in [1.807, 2.05) is 39.0 Å². The van der Waals surface area contributed by atoms with Gasteiger partial charge in [-0.15, -0.1) is 0 Å². The van der Waals surface area contributed by atoms with Crippen LogP contribution in [0.5, 0.6) is 11.6 Å². The second kappa shape index (κ2) is 11.2. The number of carbonyl (C=O) groups excluding carboxylic acids is 1. The van der Waals surface area contributed by atoms with Crippen LogP contribution in [-0.4, -0.2) is 70.6 Å². The Morgan fingerprint density at radius 2 is 2.08 bits per heavy atom. The van der Waals surface area contributed by atoms with E-state index >= 15 is 0 Å². The molecule has 38 heavy (non-hydrogen) atoms. The number of anilines is 2. The van der Waals surface area contributed by atoms with Gasteiger partial charge in [0.1, 0.15) is 29.3 Å². The summed E-state index contributed by atoms with van der Waals surface area (Å²) in [5, 5.41) is 3.78. The molecular weight excluding hydrogens is 510 g/mol. The van der Waals surface area contributed by atoms with Crippen LogP contribution in [0, 0.1) is 5.92 Å². The van der Waals surface area contributed by atoms with E-state index in [-0.39, 0.29) is 12.2 Å². The maximum Gasteiger partial charge on any atom is 0.410 e. The minimum Gasteiger partial charge on any atom is -0.492 e. The molecule has 202 valence electrons. The minimum absolute atomic E-state index is 0.185. The molecule has 11 heteroatoms. The molecule has 0 unspecified atom stereocenters. The smallest absolute Gasteiger partial charge is 0.410 e. The van der Waals surface area contributed by atoms with Crippen LogP contribution in [0.25, 0.3) is 11.0 Å². The number of ether oxygens (including phenoxy) is 4. The number of halogens is 1. The third kappa shape index (κ3) is 6.54. The van der Waals surface area contributed by atoms with Crippen molar-refractivity contribution >= 4 is 40.2 Å². The van der Waals surface area contributed by atoms with Gasteiger partial charge in [-0.1, -0.05) is 11.6 Å². The van der Waals surface area contributed by atoms with E-state index in [0.29, 0.717) is 65.5 Å². The molecule has 5 rings (SSSR count). The lowest BCUT2D eigenvalue weighted by Crippen LogP contribution is -2.36. The summed E-state index contributed by atoms with van der Waals surface area (Å²) < 4.78 is 22.9. The molecule has 0 bridgehead atoms. The zero-order valence-electron chi connectivity index (χ0n) is 21.8. The summed E-state index contributed by atoms with van der Waals surface area (Å²) in [7, 11) is 0. The SMILES string of the molecule is CC(C)(C)OC(=O)N1CC[C@H](Oc2ccc3ncnc(Nc4ccc(OC[C@@H]5CCOC5)c(Cl)c4)c3n2)C1. The van der Waals surface area contributed by atoms with E-state index in [1.165, 1.54) is 6.33 Å². The van der Waals surface area contributed by atoms with Crippen LogP contribution in [0.4, 0.5) is 16.3 Å². The number of aromatic nitrogens is 3. The zero-order chi connectivity index (χ0) is 26.7. The zero-order valence-corrected chi connectivity index (χ0v) is 22.5. The van der Waals surface area contributed by atoms with Crippen molar-refractivity contribution in [3.63, 3.8) is 0 Å². The second-order valence-corrected chi connectivity index (χ2v) is 10.9. The van der Waals surface area contributed by atoms with Crippen molar-refractivity contribution in [2.45, 2.75) is 45.3 Å². The molecule has 2 atom stereocenters. The van der Waals surface area contributed by atoms with Gasteiger partial charge in [-0.05, 0) is 51.5 Å². The van der Waals surface area contributed by atoms with Crippen molar-refractivity contribution in [1.29, 1.82) is 0 Å². The minimum atomic E-state index is -0.540. The Balaban J connectivity index is 1.25. The van der Waals surface area contributed by atoms with Crippen LogP contribution in [0.3, 0.4) is 0 Å². The largest absolute Gasteiger partial charge is 0.492 e. The van der Waals surface area contributed by atoms with Gasteiger partial charge < -0.3 is 29.2 Å². The number of nitrogens with zero attached hydrogens (tertiary/aromatic N) is 4. The fourth-order valence-corrected chi connectivity index (χ4v) is 4.56. The third-order valence-electron chi connectivity index (χ3n) is 6.23. The van der Waals surface area contributed by atoms with Gasteiger partial charge in [0.15, 0.2) is 5.82 Å². The average molecular weight is 542 g/mol. The Hall–Kier alpha value is -3.37. The van der Waals surface area contributed by atoms with Gasteiger partial charge in [0.25, 0.3) is 0 Å². The number of rotatable bonds is 7. The van der Waals surface area contributed by atoms with Crippen LogP contribution in [0.15, 0.2) is 36.7 Å². The number of hydrogen-bond acceptors (Lipinski definition) is 9. The lowest BCUT2D eigenvalue weighted by molar-refractivity contribution is 0.0275. The lowest BCUT2D eigenvalue weighted by atomic mass is 10.1. The van der Waals surface area contributed by atoms with Crippen LogP contribution in [0.1, 0.15) is 33.6 Å². The van der Waals surface area contributed by atoms with Crippen LogP contribution < -0.4 is 14.8 Å². The van der Waals surface area contributed by atoms with Crippen molar-refractivity contribution in [3.8, 4) is 11.6 Å².